The minimum Gasteiger partial charge on any atom is -0.496 e. The molecule has 0 aliphatic heterocycles. The third-order valence-electron chi connectivity index (χ3n) is 3.90. The highest BCUT2D eigenvalue weighted by Crippen LogP contribution is 2.22. The Kier molecular flexibility index (Phi) is 6.79. The number of hydrogen-bond acceptors (Lipinski definition) is 4. The van der Waals surface area contributed by atoms with Gasteiger partial charge in [-0.05, 0) is 55.3 Å². The lowest BCUT2D eigenvalue weighted by Gasteiger charge is -2.11. The summed E-state index contributed by atoms with van der Waals surface area (Å²) >= 11 is 5.87. The monoisotopic (exact) mass is 389 g/mol. The van der Waals surface area contributed by atoms with Crippen LogP contribution in [0.15, 0.2) is 36.4 Å². The van der Waals surface area contributed by atoms with E-state index in [9.17, 15) is 14.4 Å². The third kappa shape index (κ3) is 5.46. The lowest BCUT2D eigenvalue weighted by molar-refractivity contribution is -0.120. The first-order valence-corrected chi connectivity index (χ1v) is 8.47. The number of carbonyl (C=O) groups is 3. The number of halogens is 1. The summed E-state index contributed by atoms with van der Waals surface area (Å²) in [6, 6.07) is 9.81. The highest BCUT2D eigenvalue weighted by atomic mass is 35.5. The van der Waals surface area contributed by atoms with Gasteiger partial charge < -0.3 is 10.1 Å². The summed E-state index contributed by atoms with van der Waals surface area (Å²) in [5, 5.41) is 2.85. The van der Waals surface area contributed by atoms with E-state index in [1.807, 2.05) is 19.9 Å². The van der Waals surface area contributed by atoms with Gasteiger partial charge in [0.1, 0.15) is 5.75 Å². The summed E-state index contributed by atoms with van der Waals surface area (Å²) in [5.74, 6) is -1.24. The molecule has 7 nitrogen and oxygen atoms in total. The first-order valence-electron chi connectivity index (χ1n) is 8.10. The number of amides is 3. The molecule has 0 atom stereocenters. The van der Waals surface area contributed by atoms with E-state index < -0.39 is 11.8 Å². The molecule has 8 heteroatoms. The zero-order valence-corrected chi connectivity index (χ0v) is 15.9. The van der Waals surface area contributed by atoms with Crippen molar-refractivity contribution in [2.45, 2.75) is 13.8 Å². The lowest BCUT2D eigenvalue weighted by atomic mass is 10.1. The molecule has 0 aliphatic rings. The average molecular weight is 390 g/mol. The molecule has 2 aromatic rings. The standard InChI is InChI=1S/C19H20ClN3O4/c1-11-4-5-13(8-12(11)2)18(25)21-10-17(24)22-23-19(26)15-9-14(20)6-7-16(15)27-3/h4-9H,10H2,1-3H3,(H,21,25)(H,22,24)(H,23,26). The summed E-state index contributed by atoms with van der Waals surface area (Å²) in [6.07, 6.45) is 0. The molecule has 0 heterocycles. The maximum atomic E-state index is 12.2. The molecule has 0 saturated heterocycles. The van der Waals surface area contributed by atoms with Crippen LogP contribution >= 0.6 is 11.6 Å². The van der Waals surface area contributed by atoms with Gasteiger partial charge in [-0.2, -0.15) is 0 Å². The maximum Gasteiger partial charge on any atom is 0.273 e. The Morgan fingerprint density at radius 3 is 2.37 bits per heavy atom. The molecular formula is C19H20ClN3O4. The van der Waals surface area contributed by atoms with Crippen molar-refractivity contribution in [1.29, 1.82) is 0 Å². The summed E-state index contributed by atoms with van der Waals surface area (Å²) in [7, 11) is 1.42. The normalized spacial score (nSPS) is 10.1. The second kappa shape index (κ2) is 9.05. The van der Waals surface area contributed by atoms with Crippen molar-refractivity contribution in [1.82, 2.24) is 16.2 Å². The van der Waals surface area contributed by atoms with Crippen LogP contribution in [-0.4, -0.2) is 31.4 Å². The Morgan fingerprint density at radius 2 is 1.70 bits per heavy atom. The Morgan fingerprint density at radius 1 is 0.963 bits per heavy atom. The van der Waals surface area contributed by atoms with Crippen molar-refractivity contribution in [2.24, 2.45) is 0 Å². The van der Waals surface area contributed by atoms with Crippen LogP contribution in [0.5, 0.6) is 5.75 Å². The van der Waals surface area contributed by atoms with Crippen molar-refractivity contribution >= 4 is 29.3 Å². The number of nitrogens with one attached hydrogen (secondary N) is 3. The van der Waals surface area contributed by atoms with Gasteiger partial charge in [0.15, 0.2) is 0 Å². The van der Waals surface area contributed by atoms with Crippen molar-refractivity contribution < 1.29 is 19.1 Å². The number of hydrogen-bond donors (Lipinski definition) is 3. The van der Waals surface area contributed by atoms with Gasteiger partial charge >= 0.3 is 0 Å². The highest BCUT2D eigenvalue weighted by Gasteiger charge is 2.14. The Balaban J connectivity index is 1.87. The fraction of sp³-hybridized carbons (Fsp3) is 0.211. The van der Waals surface area contributed by atoms with Crippen LogP contribution in [0.1, 0.15) is 31.8 Å². The van der Waals surface area contributed by atoms with Gasteiger partial charge in [-0.25, -0.2) is 0 Å². The number of rotatable bonds is 5. The van der Waals surface area contributed by atoms with Gasteiger partial charge in [0, 0.05) is 10.6 Å². The van der Waals surface area contributed by atoms with Gasteiger partial charge in [0.05, 0.1) is 19.2 Å². The number of aryl methyl sites for hydroxylation is 2. The van der Waals surface area contributed by atoms with Gasteiger partial charge in [-0.15, -0.1) is 0 Å². The van der Waals surface area contributed by atoms with E-state index in [4.69, 9.17) is 16.3 Å². The maximum absolute atomic E-state index is 12.2. The van der Waals surface area contributed by atoms with Gasteiger partial charge in [0.25, 0.3) is 17.7 Å². The van der Waals surface area contributed by atoms with E-state index in [-0.39, 0.29) is 18.0 Å². The Labute approximate surface area is 162 Å². The molecule has 0 radical (unpaired) electrons. The minimum atomic E-state index is -0.594. The predicted octanol–water partition coefficient (Wildman–Crippen LogP) is 2.16. The smallest absolute Gasteiger partial charge is 0.273 e. The van der Waals surface area contributed by atoms with Gasteiger partial charge in [-0.3, -0.25) is 25.2 Å². The van der Waals surface area contributed by atoms with Gasteiger partial charge in [0.2, 0.25) is 0 Å². The van der Waals surface area contributed by atoms with E-state index >= 15 is 0 Å². The van der Waals surface area contributed by atoms with E-state index in [1.54, 1.807) is 24.3 Å². The molecule has 3 amide bonds. The van der Waals surface area contributed by atoms with E-state index in [0.29, 0.717) is 16.3 Å². The van der Waals surface area contributed by atoms with Crippen LogP contribution in [0, 0.1) is 13.8 Å². The minimum absolute atomic E-state index is 0.171. The number of hydrazine groups is 1. The summed E-state index contributed by atoms with van der Waals surface area (Å²) in [6.45, 7) is 3.55. The SMILES string of the molecule is COc1ccc(Cl)cc1C(=O)NNC(=O)CNC(=O)c1ccc(C)c(C)c1. The number of benzene rings is 2. The van der Waals surface area contributed by atoms with Crippen molar-refractivity contribution in [2.75, 3.05) is 13.7 Å². The summed E-state index contributed by atoms with van der Waals surface area (Å²) in [4.78, 5) is 36.1. The van der Waals surface area contributed by atoms with Crippen LogP contribution in [0.3, 0.4) is 0 Å². The van der Waals surface area contributed by atoms with Crippen LogP contribution in [-0.2, 0) is 4.79 Å². The third-order valence-corrected chi connectivity index (χ3v) is 4.14. The summed E-state index contributed by atoms with van der Waals surface area (Å²) < 4.78 is 5.09. The predicted molar refractivity (Wildman–Crippen MR) is 102 cm³/mol. The molecule has 0 fully saturated rings. The molecule has 2 rings (SSSR count). The zero-order chi connectivity index (χ0) is 20.0. The van der Waals surface area contributed by atoms with E-state index in [0.717, 1.165) is 11.1 Å². The second-order valence-corrected chi connectivity index (χ2v) is 6.27. The largest absolute Gasteiger partial charge is 0.496 e. The lowest BCUT2D eigenvalue weighted by Crippen LogP contribution is -2.46. The molecule has 142 valence electrons. The molecule has 0 aromatic heterocycles. The van der Waals surface area contributed by atoms with Crippen molar-refractivity contribution in [3.05, 3.63) is 63.7 Å². The van der Waals surface area contributed by atoms with E-state index in [2.05, 4.69) is 16.2 Å². The van der Waals surface area contributed by atoms with E-state index in [1.165, 1.54) is 13.2 Å². The highest BCUT2D eigenvalue weighted by molar-refractivity contribution is 6.31. The molecule has 0 spiro atoms. The van der Waals surface area contributed by atoms with Crippen molar-refractivity contribution in [3.63, 3.8) is 0 Å². The molecule has 0 bridgehead atoms. The topological polar surface area (TPSA) is 96.5 Å². The zero-order valence-electron chi connectivity index (χ0n) is 15.2. The molecule has 27 heavy (non-hydrogen) atoms. The summed E-state index contributed by atoms with van der Waals surface area (Å²) in [5.41, 5.74) is 7.16. The number of methoxy groups -OCH3 is 1. The van der Waals surface area contributed by atoms with Crippen LogP contribution < -0.4 is 20.9 Å². The number of carbonyl (C=O) groups excluding carboxylic acids is 3. The molecule has 2 aromatic carbocycles. The van der Waals surface area contributed by atoms with Crippen LogP contribution in [0.2, 0.25) is 5.02 Å². The second-order valence-electron chi connectivity index (χ2n) is 5.83. The molecular weight excluding hydrogens is 370 g/mol. The van der Waals surface area contributed by atoms with Crippen molar-refractivity contribution in [3.8, 4) is 5.75 Å². The molecule has 3 N–H and O–H groups in total. The fourth-order valence-electron chi connectivity index (χ4n) is 2.24. The Bertz CT molecular complexity index is 883. The van der Waals surface area contributed by atoms with Crippen LogP contribution in [0.4, 0.5) is 0 Å². The Hall–Kier alpha value is -3.06. The molecule has 0 unspecified atom stereocenters. The first-order chi connectivity index (χ1) is 12.8. The van der Waals surface area contributed by atoms with Crippen LogP contribution in [0.25, 0.3) is 0 Å². The average Bonchev–Trinajstić information content (AvgIpc) is 2.66. The first kappa shape index (κ1) is 20.3. The fourth-order valence-corrected chi connectivity index (χ4v) is 2.41. The number of ether oxygens (including phenoxy) is 1. The molecule has 0 aliphatic carbocycles. The molecule has 0 saturated carbocycles. The van der Waals surface area contributed by atoms with Gasteiger partial charge in [-0.1, -0.05) is 17.7 Å². The quantitative estimate of drug-likeness (QED) is 0.683.